The summed E-state index contributed by atoms with van der Waals surface area (Å²) in [6.07, 6.45) is 2.56. The molecule has 0 fully saturated rings. The van der Waals surface area contributed by atoms with Gasteiger partial charge in [-0.3, -0.25) is 9.59 Å². The highest BCUT2D eigenvalue weighted by Crippen LogP contribution is 2.22. The number of halogens is 2. The van der Waals surface area contributed by atoms with E-state index in [1.54, 1.807) is 44.1 Å². The van der Waals surface area contributed by atoms with Crippen LogP contribution in [0.15, 0.2) is 18.2 Å². The quantitative estimate of drug-likeness (QED) is 0.811. The van der Waals surface area contributed by atoms with Crippen molar-refractivity contribution in [3.05, 3.63) is 28.8 Å². The number of anilines is 1. The third-order valence-electron chi connectivity index (χ3n) is 2.84. The van der Waals surface area contributed by atoms with Gasteiger partial charge in [-0.1, -0.05) is 11.6 Å². The van der Waals surface area contributed by atoms with Crippen LogP contribution < -0.4 is 11.1 Å². The van der Waals surface area contributed by atoms with Gasteiger partial charge in [-0.05, 0) is 36.6 Å². The van der Waals surface area contributed by atoms with Gasteiger partial charge in [0.05, 0.1) is 16.6 Å². The predicted octanol–water partition coefficient (Wildman–Crippen LogP) is 2.48. The summed E-state index contributed by atoms with van der Waals surface area (Å²) in [5.74, 6) is 0.331. The Labute approximate surface area is 146 Å². The molecule has 124 valence electrons. The first kappa shape index (κ1) is 21.0. The molecule has 5 nitrogen and oxygen atoms in total. The third-order valence-corrected chi connectivity index (χ3v) is 3.81. The number of carbonyl (C=O) groups excluding carboxylic acids is 2. The minimum absolute atomic E-state index is 0. The van der Waals surface area contributed by atoms with Gasteiger partial charge in [-0.2, -0.15) is 11.8 Å². The van der Waals surface area contributed by atoms with E-state index in [0.29, 0.717) is 22.7 Å². The van der Waals surface area contributed by atoms with Crippen molar-refractivity contribution in [1.82, 2.24) is 4.90 Å². The van der Waals surface area contributed by atoms with Crippen LogP contribution in [-0.4, -0.2) is 48.9 Å². The maximum atomic E-state index is 12.0. The maximum absolute atomic E-state index is 12.0. The number of nitrogens with two attached hydrogens (primary N) is 1. The number of benzene rings is 1. The van der Waals surface area contributed by atoms with Gasteiger partial charge < -0.3 is 16.0 Å². The SMILES string of the molecule is CSCC[C@H](N)C(=O)Nc1ccc(Cl)c(C(=O)N(C)C)c1.Cl. The van der Waals surface area contributed by atoms with E-state index in [4.69, 9.17) is 17.3 Å². The van der Waals surface area contributed by atoms with Crippen LogP contribution in [0.25, 0.3) is 0 Å². The van der Waals surface area contributed by atoms with E-state index in [2.05, 4.69) is 5.32 Å². The third kappa shape index (κ3) is 6.04. The van der Waals surface area contributed by atoms with E-state index in [1.807, 2.05) is 6.26 Å². The molecule has 1 aromatic carbocycles. The van der Waals surface area contributed by atoms with E-state index in [-0.39, 0.29) is 24.2 Å². The molecule has 0 aliphatic carbocycles. The molecule has 1 aromatic rings. The van der Waals surface area contributed by atoms with Crippen LogP contribution in [0.1, 0.15) is 16.8 Å². The standard InChI is InChI=1S/C14H20ClN3O2S.ClH/c1-18(2)14(20)10-8-9(4-5-11(10)15)17-13(19)12(16)6-7-21-3;/h4-5,8,12H,6-7,16H2,1-3H3,(H,17,19);1H/t12-;/m0./s1. The van der Waals surface area contributed by atoms with Crippen molar-refractivity contribution in [1.29, 1.82) is 0 Å². The van der Waals surface area contributed by atoms with Gasteiger partial charge in [-0.25, -0.2) is 0 Å². The molecule has 1 atom stereocenters. The number of carbonyl (C=O) groups is 2. The fourth-order valence-electron chi connectivity index (χ4n) is 1.62. The van der Waals surface area contributed by atoms with E-state index in [0.717, 1.165) is 5.75 Å². The smallest absolute Gasteiger partial charge is 0.254 e. The maximum Gasteiger partial charge on any atom is 0.254 e. The number of hydrogen-bond acceptors (Lipinski definition) is 4. The molecule has 8 heteroatoms. The van der Waals surface area contributed by atoms with Crippen molar-refractivity contribution in [2.75, 3.05) is 31.4 Å². The summed E-state index contributed by atoms with van der Waals surface area (Å²) in [7, 11) is 3.28. The highest BCUT2D eigenvalue weighted by molar-refractivity contribution is 7.98. The van der Waals surface area contributed by atoms with Crippen molar-refractivity contribution in [2.24, 2.45) is 5.73 Å². The van der Waals surface area contributed by atoms with Gasteiger partial charge in [0.2, 0.25) is 5.91 Å². The normalized spacial score (nSPS) is 11.3. The first-order chi connectivity index (χ1) is 9.86. The summed E-state index contributed by atoms with van der Waals surface area (Å²) < 4.78 is 0. The van der Waals surface area contributed by atoms with Gasteiger partial charge in [0.1, 0.15) is 0 Å². The second-order valence-electron chi connectivity index (χ2n) is 4.77. The van der Waals surface area contributed by atoms with Gasteiger partial charge in [-0.15, -0.1) is 12.4 Å². The number of thioether (sulfide) groups is 1. The number of nitrogens with zero attached hydrogens (tertiary/aromatic N) is 1. The lowest BCUT2D eigenvalue weighted by molar-refractivity contribution is -0.117. The number of nitrogens with one attached hydrogen (secondary N) is 1. The largest absolute Gasteiger partial charge is 0.345 e. The van der Waals surface area contributed by atoms with E-state index >= 15 is 0 Å². The molecular formula is C14H21Cl2N3O2S. The van der Waals surface area contributed by atoms with Crippen LogP contribution in [0.4, 0.5) is 5.69 Å². The fourth-order valence-corrected chi connectivity index (χ4v) is 2.31. The van der Waals surface area contributed by atoms with E-state index in [1.165, 1.54) is 4.90 Å². The molecular weight excluding hydrogens is 345 g/mol. The van der Waals surface area contributed by atoms with Crippen molar-refractivity contribution < 1.29 is 9.59 Å². The lowest BCUT2D eigenvalue weighted by Crippen LogP contribution is -2.36. The molecule has 0 aliphatic rings. The Balaban J connectivity index is 0.00000441. The first-order valence-corrected chi connectivity index (χ1v) is 8.20. The number of hydrogen-bond donors (Lipinski definition) is 2. The second-order valence-corrected chi connectivity index (χ2v) is 6.16. The summed E-state index contributed by atoms with van der Waals surface area (Å²) in [6.45, 7) is 0. The fraction of sp³-hybridized carbons (Fsp3) is 0.429. The molecule has 0 aliphatic heterocycles. The number of rotatable bonds is 6. The molecule has 0 bridgehead atoms. The average Bonchev–Trinajstić information content (AvgIpc) is 2.45. The zero-order valence-corrected chi connectivity index (χ0v) is 15.1. The molecule has 0 saturated heterocycles. The Morgan fingerprint density at radius 2 is 2.05 bits per heavy atom. The molecule has 0 unspecified atom stereocenters. The summed E-state index contributed by atoms with van der Waals surface area (Å²) in [6, 6.07) is 4.22. The van der Waals surface area contributed by atoms with Crippen LogP contribution >= 0.6 is 35.8 Å². The predicted molar refractivity (Wildman–Crippen MR) is 96.3 cm³/mol. The minimum atomic E-state index is -0.568. The molecule has 0 saturated carbocycles. The van der Waals surface area contributed by atoms with Crippen LogP contribution in [0.3, 0.4) is 0 Å². The van der Waals surface area contributed by atoms with Crippen molar-refractivity contribution in [3.8, 4) is 0 Å². The minimum Gasteiger partial charge on any atom is -0.345 e. The molecule has 0 radical (unpaired) electrons. The molecule has 22 heavy (non-hydrogen) atoms. The average molecular weight is 366 g/mol. The molecule has 2 amide bonds. The van der Waals surface area contributed by atoms with Crippen molar-refractivity contribution in [3.63, 3.8) is 0 Å². The summed E-state index contributed by atoms with van der Waals surface area (Å²) in [5, 5.41) is 3.06. The summed E-state index contributed by atoms with van der Waals surface area (Å²) in [5.41, 5.74) is 6.65. The summed E-state index contributed by atoms with van der Waals surface area (Å²) in [4.78, 5) is 25.4. The second kappa shape index (κ2) is 9.94. The van der Waals surface area contributed by atoms with Crippen LogP contribution in [0.2, 0.25) is 5.02 Å². The molecule has 1 rings (SSSR count). The van der Waals surface area contributed by atoms with Crippen molar-refractivity contribution in [2.45, 2.75) is 12.5 Å². The number of amides is 2. The lowest BCUT2D eigenvalue weighted by atomic mass is 10.1. The Morgan fingerprint density at radius 3 is 2.59 bits per heavy atom. The topological polar surface area (TPSA) is 75.4 Å². The monoisotopic (exact) mass is 365 g/mol. The Kier molecular flexibility index (Phi) is 9.51. The van der Waals surface area contributed by atoms with E-state index in [9.17, 15) is 9.59 Å². The molecule has 3 N–H and O–H groups in total. The van der Waals surface area contributed by atoms with Crippen LogP contribution in [0.5, 0.6) is 0 Å². The lowest BCUT2D eigenvalue weighted by Gasteiger charge is -2.15. The van der Waals surface area contributed by atoms with Gasteiger partial charge in [0.25, 0.3) is 5.91 Å². The van der Waals surface area contributed by atoms with Crippen molar-refractivity contribution >= 4 is 53.3 Å². The zero-order chi connectivity index (χ0) is 16.0. The highest BCUT2D eigenvalue weighted by atomic mass is 35.5. The Bertz CT molecular complexity index is 527. The van der Waals surface area contributed by atoms with Crippen LogP contribution in [-0.2, 0) is 4.79 Å². The van der Waals surface area contributed by atoms with Gasteiger partial charge in [0.15, 0.2) is 0 Å². The zero-order valence-electron chi connectivity index (χ0n) is 12.8. The Morgan fingerprint density at radius 1 is 1.41 bits per heavy atom. The molecule has 0 aromatic heterocycles. The van der Waals surface area contributed by atoms with Gasteiger partial charge >= 0.3 is 0 Å². The summed E-state index contributed by atoms with van der Waals surface area (Å²) >= 11 is 7.65. The molecule has 0 heterocycles. The van der Waals surface area contributed by atoms with E-state index < -0.39 is 6.04 Å². The Hall–Kier alpha value is -0.950. The molecule has 0 spiro atoms. The van der Waals surface area contributed by atoms with Gasteiger partial charge in [0, 0.05) is 19.8 Å². The first-order valence-electron chi connectivity index (χ1n) is 6.43. The van der Waals surface area contributed by atoms with Crippen LogP contribution in [0, 0.1) is 0 Å². The highest BCUT2D eigenvalue weighted by Gasteiger charge is 2.16.